The predicted octanol–water partition coefficient (Wildman–Crippen LogP) is 3.13. The minimum atomic E-state index is 0.0695. The van der Waals surface area contributed by atoms with E-state index in [0.717, 1.165) is 24.3 Å². The van der Waals surface area contributed by atoms with Gasteiger partial charge in [-0.1, -0.05) is 30.3 Å². The zero-order chi connectivity index (χ0) is 16.1. The number of amides is 1. The summed E-state index contributed by atoms with van der Waals surface area (Å²) in [6.07, 6.45) is 1.07. The third-order valence-corrected chi connectivity index (χ3v) is 4.12. The number of para-hydroxylation sites is 1. The number of benzene rings is 2. The largest absolute Gasteiger partial charge is 0.489 e. The molecule has 3 rings (SSSR count). The SMILES string of the molecule is COC1CCN(C(=O)c2ccc(COc3ccccc3)cc2)C1. The fourth-order valence-electron chi connectivity index (χ4n) is 2.71. The standard InChI is InChI=1S/C19H21NO3/c1-22-18-11-12-20(13-18)19(21)16-9-7-15(8-10-16)14-23-17-5-3-2-4-6-17/h2-10,18H,11-14H2,1H3. The molecule has 2 aromatic carbocycles. The molecule has 120 valence electrons. The Balaban J connectivity index is 1.57. The second kappa shape index (κ2) is 7.29. The van der Waals surface area contributed by atoms with E-state index < -0.39 is 0 Å². The zero-order valence-corrected chi connectivity index (χ0v) is 13.3. The van der Waals surface area contributed by atoms with E-state index in [2.05, 4.69) is 0 Å². The molecule has 0 aliphatic carbocycles. The molecule has 0 radical (unpaired) electrons. The Morgan fingerprint density at radius 2 is 1.87 bits per heavy atom. The summed E-state index contributed by atoms with van der Waals surface area (Å²) in [4.78, 5) is 14.3. The van der Waals surface area contributed by atoms with Crippen LogP contribution in [0.5, 0.6) is 5.75 Å². The summed E-state index contributed by atoms with van der Waals surface area (Å²) in [5.74, 6) is 0.912. The van der Waals surface area contributed by atoms with Gasteiger partial charge in [0.15, 0.2) is 0 Å². The summed E-state index contributed by atoms with van der Waals surface area (Å²) in [7, 11) is 1.69. The van der Waals surface area contributed by atoms with E-state index in [1.165, 1.54) is 0 Å². The summed E-state index contributed by atoms with van der Waals surface area (Å²) in [6.45, 7) is 1.93. The lowest BCUT2D eigenvalue weighted by Crippen LogP contribution is -2.29. The van der Waals surface area contributed by atoms with E-state index in [1.807, 2.05) is 59.5 Å². The lowest BCUT2D eigenvalue weighted by molar-refractivity contribution is 0.0724. The minimum Gasteiger partial charge on any atom is -0.489 e. The maximum atomic E-state index is 12.4. The van der Waals surface area contributed by atoms with Crippen molar-refractivity contribution in [1.82, 2.24) is 4.90 Å². The van der Waals surface area contributed by atoms with Crippen molar-refractivity contribution >= 4 is 5.91 Å². The molecule has 1 heterocycles. The summed E-state index contributed by atoms with van der Waals surface area (Å²) in [6, 6.07) is 17.3. The quantitative estimate of drug-likeness (QED) is 0.851. The van der Waals surface area contributed by atoms with Crippen molar-refractivity contribution in [3.63, 3.8) is 0 Å². The van der Waals surface area contributed by atoms with Crippen LogP contribution in [-0.4, -0.2) is 37.1 Å². The van der Waals surface area contributed by atoms with Crippen LogP contribution in [0.3, 0.4) is 0 Å². The Morgan fingerprint density at radius 3 is 2.52 bits per heavy atom. The highest BCUT2D eigenvalue weighted by atomic mass is 16.5. The van der Waals surface area contributed by atoms with Gasteiger partial charge in [-0.2, -0.15) is 0 Å². The first-order chi connectivity index (χ1) is 11.3. The number of hydrogen-bond acceptors (Lipinski definition) is 3. The predicted molar refractivity (Wildman–Crippen MR) is 88.5 cm³/mol. The molecule has 2 aromatic rings. The average Bonchev–Trinajstić information content (AvgIpc) is 3.10. The smallest absolute Gasteiger partial charge is 0.253 e. The number of carbonyl (C=O) groups excluding carboxylic acids is 1. The Kier molecular flexibility index (Phi) is 4.93. The lowest BCUT2D eigenvalue weighted by Gasteiger charge is -2.16. The van der Waals surface area contributed by atoms with Crippen LogP contribution >= 0.6 is 0 Å². The topological polar surface area (TPSA) is 38.8 Å². The minimum absolute atomic E-state index is 0.0695. The van der Waals surface area contributed by atoms with Gasteiger partial charge < -0.3 is 14.4 Å². The summed E-state index contributed by atoms with van der Waals surface area (Å²) >= 11 is 0. The summed E-state index contributed by atoms with van der Waals surface area (Å²) in [5, 5.41) is 0. The van der Waals surface area contributed by atoms with Gasteiger partial charge in [0.25, 0.3) is 5.91 Å². The first kappa shape index (κ1) is 15.6. The maximum absolute atomic E-state index is 12.4. The molecular formula is C19H21NO3. The third-order valence-electron chi connectivity index (χ3n) is 4.12. The van der Waals surface area contributed by atoms with Crippen LogP contribution in [0.2, 0.25) is 0 Å². The van der Waals surface area contributed by atoms with Crippen molar-refractivity contribution in [3.8, 4) is 5.75 Å². The van der Waals surface area contributed by atoms with Crippen LogP contribution in [0.15, 0.2) is 54.6 Å². The number of likely N-dealkylation sites (tertiary alicyclic amines) is 1. The molecule has 1 aliphatic heterocycles. The van der Waals surface area contributed by atoms with E-state index in [1.54, 1.807) is 7.11 Å². The zero-order valence-electron chi connectivity index (χ0n) is 13.3. The number of ether oxygens (including phenoxy) is 2. The van der Waals surface area contributed by atoms with Gasteiger partial charge in [0, 0.05) is 25.8 Å². The van der Waals surface area contributed by atoms with Gasteiger partial charge in [0.05, 0.1) is 6.10 Å². The number of hydrogen-bond donors (Lipinski definition) is 0. The van der Waals surface area contributed by atoms with Gasteiger partial charge in [0.2, 0.25) is 0 Å². The van der Waals surface area contributed by atoms with Gasteiger partial charge in [-0.25, -0.2) is 0 Å². The number of rotatable bonds is 5. The molecule has 0 aromatic heterocycles. The molecule has 0 saturated carbocycles. The molecule has 4 heteroatoms. The van der Waals surface area contributed by atoms with Gasteiger partial charge in [-0.15, -0.1) is 0 Å². The molecule has 0 spiro atoms. The van der Waals surface area contributed by atoms with Crippen molar-refractivity contribution in [3.05, 3.63) is 65.7 Å². The maximum Gasteiger partial charge on any atom is 0.253 e. The molecule has 23 heavy (non-hydrogen) atoms. The first-order valence-electron chi connectivity index (χ1n) is 7.85. The van der Waals surface area contributed by atoms with E-state index in [-0.39, 0.29) is 12.0 Å². The fourth-order valence-corrected chi connectivity index (χ4v) is 2.71. The highest BCUT2D eigenvalue weighted by molar-refractivity contribution is 5.94. The van der Waals surface area contributed by atoms with Crippen LogP contribution in [0.4, 0.5) is 0 Å². The molecule has 1 amide bonds. The first-order valence-corrected chi connectivity index (χ1v) is 7.85. The van der Waals surface area contributed by atoms with Gasteiger partial charge in [-0.3, -0.25) is 4.79 Å². The van der Waals surface area contributed by atoms with Gasteiger partial charge >= 0.3 is 0 Å². The Hall–Kier alpha value is -2.33. The van der Waals surface area contributed by atoms with Crippen LogP contribution in [0.25, 0.3) is 0 Å². The van der Waals surface area contributed by atoms with Crippen molar-refractivity contribution in [2.45, 2.75) is 19.1 Å². The van der Waals surface area contributed by atoms with Gasteiger partial charge in [-0.05, 0) is 36.2 Å². The number of methoxy groups -OCH3 is 1. The monoisotopic (exact) mass is 311 g/mol. The van der Waals surface area contributed by atoms with Crippen molar-refractivity contribution in [1.29, 1.82) is 0 Å². The second-order valence-corrected chi connectivity index (χ2v) is 5.70. The highest BCUT2D eigenvalue weighted by Gasteiger charge is 2.26. The molecule has 0 N–H and O–H groups in total. The molecule has 1 aliphatic rings. The fraction of sp³-hybridized carbons (Fsp3) is 0.316. The lowest BCUT2D eigenvalue weighted by atomic mass is 10.1. The number of carbonyl (C=O) groups is 1. The van der Waals surface area contributed by atoms with E-state index in [4.69, 9.17) is 9.47 Å². The molecule has 0 bridgehead atoms. The molecular weight excluding hydrogens is 290 g/mol. The Bertz CT molecular complexity index is 639. The van der Waals surface area contributed by atoms with E-state index in [0.29, 0.717) is 18.7 Å². The van der Waals surface area contributed by atoms with Crippen LogP contribution in [0, 0.1) is 0 Å². The summed E-state index contributed by atoms with van der Waals surface area (Å²) in [5.41, 5.74) is 1.76. The summed E-state index contributed by atoms with van der Waals surface area (Å²) < 4.78 is 11.0. The Morgan fingerprint density at radius 1 is 1.13 bits per heavy atom. The van der Waals surface area contributed by atoms with E-state index in [9.17, 15) is 4.79 Å². The van der Waals surface area contributed by atoms with Crippen molar-refractivity contribution in [2.24, 2.45) is 0 Å². The van der Waals surface area contributed by atoms with E-state index >= 15 is 0 Å². The highest BCUT2D eigenvalue weighted by Crippen LogP contribution is 2.17. The van der Waals surface area contributed by atoms with Crippen LogP contribution in [-0.2, 0) is 11.3 Å². The molecule has 4 nitrogen and oxygen atoms in total. The third kappa shape index (κ3) is 3.90. The average molecular weight is 311 g/mol. The molecule has 1 atom stereocenters. The normalized spacial score (nSPS) is 17.3. The molecule has 1 saturated heterocycles. The van der Waals surface area contributed by atoms with Crippen molar-refractivity contribution < 1.29 is 14.3 Å². The number of nitrogens with zero attached hydrogens (tertiary/aromatic N) is 1. The molecule has 1 unspecified atom stereocenters. The van der Waals surface area contributed by atoms with Gasteiger partial charge in [0.1, 0.15) is 12.4 Å². The second-order valence-electron chi connectivity index (χ2n) is 5.70. The Labute approximate surface area is 136 Å². The molecule has 1 fully saturated rings. The van der Waals surface area contributed by atoms with Crippen LogP contribution in [0.1, 0.15) is 22.3 Å². The van der Waals surface area contributed by atoms with Crippen LogP contribution < -0.4 is 4.74 Å². The van der Waals surface area contributed by atoms with Crippen molar-refractivity contribution in [2.75, 3.05) is 20.2 Å².